The summed E-state index contributed by atoms with van der Waals surface area (Å²) in [6, 6.07) is 3.59. The number of likely N-dealkylation sites (N-methyl/N-ethyl adjacent to an activating group) is 1. The largest absolute Gasteiger partial charge is 0.339 e. The molecule has 26 heavy (non-hydrogen) atoms. The summed E-state index contributed by atoms with van der Waals surface area (Å²) in [6.07, 6.45) is 1.98. The first-order valence-electron chi connectivity index (χ1n) is 9.08. The molecule has 1 aromatic rings. The molecular weight excluding hydrogens is 340 g/mol. The molecule has 1 saturated heterocycles. The normalized spacial score (nSPS) is 19.0. The molecule has 1 atom stereocenters. The van der Waals surface area contributed by atoms with E-state index in [1.165, 1.54) is 12.1 Å². The van der Waals surface area contributed by atoms with Gasteiger partial charge in [-0.15, -0.1) is 0 Å². The van der Waals surface area contributed by atoms with Gasteiger partial charge in [0, 0.05) is 38.1 Å². The number of hydrogen-bond acceptors (Lipinski definition) is 3. The second kappa shape index (κ2) is 7.70. The van der Waals surface area contributed by atoms with E-state index in [2.05, 4.69) is 0 Å². The zero-order valence-corrected chi connectivity index (χ0v) is 15.3. The number of benzene rings is 1. The maximum Gasteiger partial charge on any atom is 0.236 e. The van der Waals surface area contributed by atoms with Crippen LogP contribution < -0.4 is 0 Å². The van der Waals surface area contributed by atoms with Crippen LogP contribution in [0, 0.1) is 17.6 Å². The minimum atomic E-state index is -0.884. The smallest absolute Gasteiger partial charge is 0.236 e. The Hall–Kier alpha value is -2.02. The summed E-state index contributed by atoms with van der Waals surface area (Å²) in [5.74, 6) is -1.34. The van der Waals surface area contributed by atoms with E-state index in [1.807, 2.05) is 16.7 Å². The van der Waals surface area contributed by atoms with E-state index in [0.717, 1.165) is 18.9 Å². The van der Waals surface area contributed by atoms with Crippen LogP contribution in [0.3, 0.4) is 0 Å². The van der Waals surface area contributed by atoms with Crippen molar-refractivity contribution < 1.29 is 18.4 Å². The molecule has 0 bridgehead atoms. The number of carbonyl (C=O) groups excluding carboxylic acids is 2. The van der Waals surface area contributed by atoms with Crippen molar-refractivity contribution >= 4 is 11.8 Å². The molecule has 2 fully saturated rings. The third kappa shape index (κ3) is 4.20. The molecule has 1 aliphatic carbocycles. The highest BCUT2D eigenvalue weighted by Gasteiger charge is 2.35. The monoisotopic (exact) mass is 365 g/mol. The van der Waals surface area contributed by atoms with Gasteiger partial charge < -0.3 is 9.80 Å². The lowest BCUT2D eigenvalue weighted by atomic mass is 10.1. The van der Waals surface area contributed by atoms with Crippen LogP contribution in [0.1, 0.15) is 31.4 Å². The molecule has 1 aliphatic heterocycles. The van der Waals surface area contributed by atoms with Gasteiger partial charge in [-0.05, 0) is 44.5 Å². The van der Waals surface area contributed by atoms with Gasteiger partial charge in [-0.25, -0.2) is 8.78 Å². The molecule has 1 aromatic carbocycles. The summed E-state index contributed by atoms with van der Waals surface area (Å²) < 4.78 is 26.5. The summed E-state index contributed by atoms with van der Waals surface area (Å²) in [4.78, 5) is 30.0. The maximum absolute atomic E-state index is 13.4. The quantitative estimate of drug-likeness (QED) is 0.802. The van der Waals surface area contributed by atoms with Gasteiger partial charge in [0.15, 0.2) is 11.6 Å². The van der Waals surface area contributed by atoms with Crippen molar-refractivity contribution in [2.45, 2.75) is 25.8 Å². The van der Waals surface area contributed by atoms with Crippen molar-refractivity contribution in [3.05, 3.63) is 35.4 Å². The molecule has 5 nitrogen and oxygen atoms in total. The highest BCUT2D eigenvalue weighted by atomic mass is 19.2. The minimum absolute atomic E-state index is 0.0135. The highest BCUT2D eigenvalue weighted by Crippen LogP contribution is 2.31. The highest BCUT2D eigenvalue weighted by molar-refractivity contribution is 5.82. The number of carbonyl (C=O) groups is 2. The lowest BCUT2D eigenvalue weighted by Gasteiger charge is -2.36. The fourth-order valence-corrected chi connectivity index (χ4v) is 3.24. The van der Waals surface area contributed by atoms with Crippen LogP contribution in [0.4, 0.5) is 8.78 Å². The first-order chi connectivity index (χ1) is 12.4. The van der Waals surface area contributed by atoms with Gasteiger partial charge in [-0.2, -0.15) is 0 Å². The van der Waals surface area contributed by atoms with Crippen molar-refractivity contribution in [2.24, 2.45) is 5.92 Å². The number of hydrogen-bond donors (Lipinski definition) is 0. The van der Waals surface area contributed by atoms with Crippen LogP contribution in [0.5, 0.6) is 0 Å². The van der Waals surface area contributed by atoms with E-state index in [9.17, 15) is 18.4 Å². The third-order valence-electron chi connectivity index (χ3n) is 5.34. The van der Waals surface area contributed by atoms with Gasteiger partial charge >= 0.3 is 0 Å². The number of rotatable bonds is 5. The van der Waals surface area contributed by atoms with E-state index < -0.39 is 11.6 Å². The zero-order chi connectivity index (χ0) is 18.8. The Morgan fingerprint density at radius 2 is 1.73 bits per heavy atom. The number of amides is 2. The molecular formula is C19H25F2N3O2. The van der Waals surface area contributed by atoms with Crippen LogP contribution in [0.25, 0.3) is 0 Å². The summed E-state index contributed by atoms with van der Waals surface area (Å²) in [5.41, 5.74) is 0.624. The summed E-state index contributed by atoms with van der Waals surface area (Å²) in [5, 5.41) is 0. The van der Waals surface area contributed by atoms with Crippen molar-refractivity contribution in [1.29, 1.82) is 0 Å². The number of piperazine rings is 1. The Kier molecular flexibility index (Phi) is 5.55. The number of nitrogens with zero attached hydrogens (tertiary/aromatic N) is 3. The fraction of sp³-hybridized carbons (Fsp3) is 0.579. The average molecular weight is 365 g/mol. The minimum Gasteiger partial charge on any atom is -0.339 e. The maximum atomic E-state index is 13.4. The van der Waals surface area contributed by atoms with Gasteiger partial charge in [0.1, 0.15) is 0 Å². The molecule has 2 amide bonds. The second-order valence-electron chi connectivity index (χ2n) is 7.24. The first kappa shape index (κ1) is 18.8. The van der Waals surface area contributed by atoms with Gasteiger partial charge in [-0.1, -0.05) is 6.07 Å². The van der Waals surface area contributed by atoms with Crippen LogP contribution >= 0.6 is 0 Å². The van der Waals surface area contributed by atoms with Gasteiger partial charge in [0.05, 0.1) is 6.54 Å². The Bertz CT molecular complexity index is 685. The van der Waals surface area contributed by atoms with E-state index in [1.54, 1.807) is 11.9 Å². The Labute approximate surface area is 152 Å². The van der Waals surface area contributed by atoms with Crippen LogP contribution in [-0.4, -0.2) is 66.3 Å². The first-order valence-corrected chi connectivity index (χ1v) is 9.08. The lowest BCUT2D eigenvalue weighted by Crippen LogP contribution is -2.52. The molecule has 0 radical (unpaired) electrons. The molecule has 1 saturated carbocycles. The van der Waals surface area contributed by atoms with Crippen LogP contribution in [0.2, 0.25) is 0 Å². The van der Waals surface area contributed by atoms with Gasteiger partial charge in [0.25, 0.3) is 0 Å². The molecule has 3 rings (SSSR count). The van der Waals surface area contributed by atoms with Crippen LogP contribution in [0.15, 0.2) is 18.2 Å². The molecule has 7 heteroatoms. The Balaban J connectivity index is 1.50. The Morgan fingerprint density at radius 1 is 1.12 bits per heavy atom. The van der Waals surface area contributed by atoms with E-state index in [4.69, 9.17) is 0 Å². The topological polar surface area (TPSA) is 43.9 Å². The molecule has 0 aromatic heterocycles. The van der Waals surface area contributed by atoms with Crippen molar-refractivity contribution in [1.82, 2.24) is 14.7 Å². The van der Waals surface area contributed by atoms with Gasteiger partial charge in [0.2, 0.25) is 11.8 Å². The lowest BCUT2D eigenvalue weighted by molar-refractivity contribution is -0.141. The number of halogens is 2. The van der Waals surface area contributed by atoms with Crippen molar-refractivity contribution in [3.63, 3.8) is 0 Å². The standard InChI is InChI=1S/C19H25F2N3O2/c1-13(15-5-6-16(20)17(21)11-15)22(2)12-18(25)23-7-9-24(10-8-23)19(26)14-3-4-14/h5-6,11,13-14H,3-4,7-10,12H2,1-2H3. The molecule has 0 spiro atoms. The second-order valence-corrected chi connectivity index (χ2v) is 7.24. The summed E-state index contributed by atoms with van der Waals surface area (Å²) >= 11 is 0. The van der Waals surface area contributed by atoms with Crippen LogP contribution in [-0.2, 0) is 9.59 Å². The molecule has 142 valence electrons. The third-order valence-corrected chi connectivity index (χ3v) is 5.34. The zero-order valence-electron chi connectivity index (χ0n) is 15.3. The van der Waals surface area contributed by atoms with Crippen molar-refractivity contribution in [2.75, 3.05) is 39.8 Å². The van der Waals surface area contributed by atoms with E-state index in [-0.39, 0.29) is 30.3 Å². The predicted octanol–water partition coefficient (Wildman–Crippen LogP) is 2.04. The molecule has 0 N–H and O–H groups in total. The average Bonchev–Trinajstić information content (AvgIpc) is 3.48. The molecule has 1 heterocycles. The Morgan fingerprint density at radius 3 is 2.31 bits per heavy atom. The van der Waals surface area contributed by atoms with E-state index in [0.29, 0.717) is 31.7 Å². The molecule has 1 unspecified atom stereocenters. The predicted molar refractivity (Wildman–Crippen MR) is 93.3 cm³/mol. The summed E-state index contributed by atoms with van der Waals surface area (Å²) in [6.45, 7) is 4.31. The fourth-order valence-electron chi connectivity index (χ4n) is 3.24. The van der Waals surface area contributed by atoms with Gasteiger partial charge in [-0.3, -0.25) is 14.5 Å². The molecule has 2 aliphatic rings. The summed E-state index contributed by atoms with van der Waals surface area (Å²) in [7, 11) is 1.79. The van der Waals surface area contributed by atoms with Crippen molar-refractivity contribution in [3.8, 4) is 0 Å². The van der Waals surface area contributed by atoms with E-state index >= 15 is 0 Å². The SMILES string of the molecule is CC(c1ccc(F)c(F)c1)N(C)CC(=O)N1CCN(C(=O)C2CC2)CC1.